The van der Waals surface area contributed by atoms with Crippen molar-refractivity contribution in [2.75, 3.05) is 18.0 Å². The number of nitrogens with zero attached hydrogens (tertiary/aromatic N) is 2. The zero-order valence-corrected chi connectivity index (χ0v) is 14.2. The van der Waals surface area contributed by atoms with Crippen LogP contribution in [0.3, 0.4) is 0 Å². The molecule has 3 amide bonds. The van der Waals surface area contributed by atoms with E-state index in [0.717, 1.165) is 12.0 Å². The molecule has 0 radical (unpaired) electrons. The van der Waals surface area contributed by atoms with Gasteiger partial charge in [-0.25, -0.2) is 14.2 Å². The first-order valence-electron chi connectivity index (χ1n) is 8.15. The van der Waals surface area contributed by atoms with Crippen molar-refractivity contribution in [1.29, 1.82) is 0 Å². The highest BCUT2D eigenvalue weighted by atomic mass is 32.1. The Kier molecular flexibility index (Phi) is 4.12. The highest BCUT2D eigenvalue weighted by Crippen LogP contribution is 2.40. The highest BCUT2D eigenvalue weighted by molar-refractivity contribution is 7.14. The SMILES string of the molecule is O=C(Cc1csc(N2CCNC2=O)n1)NC1CC1c1cccc(F)c1. The van der Waals surface area contributed by atoms with Gasteiger partial charge in [-0.3, -0.25) is 9.69 Å². The molecule has 2 aliphatic rings. The number of urea groups is 1. The van der Waals surface area contributed by atoms with Crippen LogP contribution in [0.25, 0.3) is 0 Å². The Balaban J connectivity index is 1.31. The fourth-order valence-corrected chi connectivity index (χ4v) is 3.89. The van der Waals surface area contributed by atoms with Crippen LogP contribution in [-0.4, -0.2) is 36.1 Å². The summed E-state index contributed by atoms with van der Waals surface area (Å²) < 4.78 is 13.3. The first-order chi connectivity index (χ1) is 12.1. The molecule has 2 atom stereocenters. The third-order valence-electron chi connectivity index (χ3n) is 4.38. The van der Waals surface area contributed by atoms with Crippen LogP contribution in [0.2, 0.25) is 0 Å². The quantitative estimate of drug-likeness (QED) is 0.857. The molecule has 2 N–H and O–H groups in total. The van der Waals surface area contributed by atoms with Crippen molar-refractivity contribution >= 4 is 28.4 Å². The van der Waals surface area contributed by atoms with E-state index in [2.05, 4.69) is 15.6 Å². The maximum Gasteiger partial charge on any atom is 0.323 e. The van der Waals surface area contributed by atoms with Crippen molar-refractivity contribution in [1.82, 2.24) is 15.6 Å². The average molecular weight is 360 g/mol. The van der Waals surface area contributed by atoms with E-state index in [9.17, 15) is 14.0 Å². The molecule has 1 saturated carbocycles. The second kappa shape index (κ2) is 6.44. The van der Waals surface area contributed by atoms with Crippen molar-refractivity contribution in [3.05, 3.63) is 46.7 Å². The van der Waals surface area contributed by atoms with Crippen LogP contribution in [0.1, 0.15) is 23.6 Å². The van der Waals surface area contributed by atoms with Gasteiger partial charge in [-0.05, 0) is 24.1 Å². The van der Waals surface area contributed by atoms with Crippen molar-refractivity contribution in [2.45, 2.75) is 24.8 Å². The van der Waals surface area contributed by atoms with Gasteiger partial charge in [0.1, 0.15) is 5.82 Å². The topological polar surface area (TPSA) is 74.3 Å². The van der Waals surface area contributed by atoms with Gasteiger partial charge in [0.25, 0.3) is 0 Å². The van der Waals surface area contributed by atoms with E-state index in [-0.39, 0.29) is 36.1 Å². The number of benzene rings is 1. The van der Waals surface area contributed by atoms with Crippen LogP contribution in [0.15, 0.2) is 29.6 Å². The van der Waals surface area contributed by atoms with E-state index in [0.29, 0.717) is 23.9 Å². The summed E-state index contributed by atoms with van der Waals surface area (Å²) in [5.41, 5.74) is 1.57. The number of rotatable bonds is 5. The number of aromatic nitrogens is 1. The predicted molar refractivity (Wildman–Crippen MR) is 92.3 cm³/mol. The van der Waals surface area contributed by atoms with Crippen molar-refractivity contribution in [3.8, 4) is 0 Å². The second-order valence-corrected chi connectivity index (χ2v) is 7.09. The summed E-state index contributed by atoms with van der Waals surface area (Å²) in [4.78, 5) is 29.8. The Labute approximate surface area is 148 Å². The molecule has 1 aromatic carbocycles. The van der Waals surface area contributed by atoms with Gasteiger partial charge in [-0.2, -0.15) is 0 Å². The smallest absolute Gasteiger partial charge is 0.323 e. The van der Waals surface area contributed by atoms with E-state index in [4.69, 9.17) is 0 Å². The first-order valence-corrected chi connectivity index (χ1v) is 9.03. The molecule has 8 heteroatoms. The summed E-state index contributed by atoms with van der Waals surface area (Å²) in [7, 11) is 0. The molecule has 2 fully saturated rings. The van der Waals surface area contributed by atoms with Crippen LogP contribution in [-0.2, 0) is 11.2 Å². The Morgan fingerprint density at radius 3 is 3.12 bits per heavy atom. The molecule has 0 bridgehead atoms. The molecule has 0 spiro atoms. The van der Waals surface area contributed by atoms with Gasteiger partial charge < -0.3 is 10.6 Å². The summed E-state index contributed by atoms with van der Waals surface area (Å²) >= 11 is 1.36. The number of amides is 3. The standard InChI is InChI=1S/C17H17FN4O2S/c18-11-3-1-2-10(6-11)13-8-14(13)21-15(23)7-12-9-25-17(20-12)22-5-4-19-16(22)24/h1-3,6,9,13-14H,4-5,7-8H2,(H,19,24)(H,21,23). The molecule has 25 heavy (non-hydrogen) atoms. The Hall–Kier alpha value is -2.48. The predicted octanol–water partition coefficient (Wildman–Crippen LogP) is 2.03. The Bertz CT molecular complexity index is 824. The molecule has 1 aliphatic heterocycles. The van der Waals surface area contributed by atoms with Crippen LogP contribution in [0, 0.1) is 5.82 Å². The lowest BCUT2D eigenvalue weighted by atomic mass is 10.1. The minimum absolute atomic E-state index is 0.0526. The number of anilines is 1. The summed E-state index contributed by atoms with van der Waals surface area (Å²) in [6.45, 7) is 1.20. The number of carbonyl (C=O) groups is 2. The van der Waals surface area contributed by atoms with Gasteiger partial charge in [-0.1, -0.05) is 12.1 Å². The van der Waals surface area contributed by atoms with E-state index >= 15 is 0 Å². The summed E-state index contributed by atoms with van der Waals surface area (Å²) in [5.74, 6) is -0.180. The summed E-state index contributed by atoms with van der Waals surface area (Å²) in [5, 5.41) is 8.11. The van der Waals surface area contributed by atoms with Crippen LogP contribution in [0.5, 0.6) is 0 Å². The second-order valence-electron chi connectivity index (χ2n) is 6.25. The van der Waals surface area contributed by atoms with Gasteiger partial charge in [-0.15, -0.1) is 11.3 Å². The third-order valence-corrected chi connectivity index (χ3v) is 5.30. The molecule has 2 heterocycles. The Morgan fingerprint density at radius 1 is 1.48 bits per heavy atom. The van der Waals surface area contributed by atoms with Gasteiger partial charge >= 0.3 is 6.03 Å². The van der Waals surface area contributed by atoms with E-state index in [1.807, 2.05) is 6.07 Å². The van der Waals surface area contributed by atoms with Crippen molar-refractivity contribution in [2.24, 2.45) is 0 Å². The third kappa shape index (κ3) is 3.48. The van der Waals surface area contributed by atoms with Gasteiger partial charge in [0.05, 0.1) is 12.1 Å². The van der Waals surface area contributed by atoms with Crippen LogP contribution < -0.4 is 15.5 Å². The molecular weight excluding hydrogens is 343 g/mol. The van der Waals surface area contributed by atoms with Crippen molar-refractivity contribution < 1.29 is 14.0 Å². The minimum Gasteiger partial charge on any atom is -0.352 e. The molecule has 2 unspecified atom stereocenters. The van der Waals surface area contributed by atoms with E-state index in [1.54, 1.807) is 16.3 Å². The number of hydrogen-bond acceptors (Lipinski definition) is 4. The maximum absolute atomic E-state index is 13.3. The number of thiazole rings is 1. The maximum atomic E-state index is 13.3. The van der Waals surface area contributed by atoms with Gasteiger partial charge in [0.2, 0.25) is 5.91 Å². The largest absolute Gasteiger partial charge is 0.352 e. The molecular formula is C17H17FN4O2S. The number of halogens is 1. The molecule has 1 saturated heterocycles. The fraction of sp³-hybridized carbons (Fsp3) is 0.353. The summed E-state index contributed by atoms with van der Waals surface area (Å²) in [6.07, 6.45) is 1.00. The molecule has 6 nitrogen and oxygen atoms in total. The zero-order chi connectivity index (χ0) is 17.4. The summed E-state index contributed by atoms with van der Waals surface area (Å²) in [6, 6.07) is 6.41. The number of carbonyl (C=O) groups excluding carboxylic acids is 2. The van der Waals surface area contributed by atoms with Crippen LogP contribution in [0.4, 0.5) is 14.3 Å². The van der Waals surface area contributed by atoms with Gasteiger partial charge in [0, 0.05) is 30.4 Å². The first kappa shape index (κ1) is 16.0. The zero-order valence-electron chi connectivity index (χ0n) is 13.4. The normalized spacial score (nSPS) is 22.0. The lowest BCUT2D eigenvalue weighted by Crippen LogP contribution is -2.29. The monoisotopic (exact) mass is 360 g/mol. The van der Waals surface area contributed by atoms with Crippen molar-refractivity contribution in [3.63, 3.8) is 0 Å². The van der Waals surface area contributed by atoms with Gasteiger partial charge in [0.15, 0.2) is 5.13 Å². The lowest BCUT2D eigenvalue weighted by Gasteiger charge is -2.08. The van der Waals surface area contributed by atoms with E-state index in [1.165, 1.54) is 23.5 Å². The minimum atomic E-state index is -0.254. The Morgan fingerprint density at radius 2 is 2.36 bits per heavy atom. The van der Waals surface area contributed by atoms with Crippen LogP contribution >= 0.6 is 11.3 Å². The molecule has 4 rings (SSSR count). The molecule has 1 aliphatic carbocycles. The highest BCUT2D eigenvalue weighted by Gasteiger charge is 2.39. The molecule has 130 valence electrons. The molecule has 1 aromatic heterocycles. The number of nitrogens with one attached hydrogen (secondary N) is 2. The fourth-order valence-electron chi connectivity index (χ4n) is 3.04. The van der Waals surface area contributed by atoms with E-state index < -0.39 is 0 Å². The number of hydrogen-bond donors (Lipinski definition) is 2. The lowest BCUT2D eigenvalue weighted by molar-refractivity contribution is -0.120. The molecule has 2 aromatic rings. The average Bonchev–Trinajstić information content (AvgIpc) is 2.97.